The quantitative estimate of drug-likeness (QED) is 0.104. The molecule has 0 unspecified atom stereocenters. The number of nitrogens with one attached hydrogen (secondary N) is 1. The van der Waals surface area contributed by atoms with E-state index in [2.05, 4.69) is 5.32 Å². The fourth-order valence-electron chi connectivity index (χ4n) is 3.66. The van der Waals surface area contributed by atoms with Gasteiger partial charge >= 0.3 is 0 Å². The second kappa shape index (κ2) is 27.3. The molecule has 3 N–H and O–H groups in total. The van der Waals surface area contributed by atoms with E-state index in [1.807, 2.05) is 12.1 Å². The van der Waals surface area contributed by atoms with Crippen molar-refractivity contribution < 1.29 is 47.4 Å². The fraction of sp³-hybridized carbons (Fsp3) is 0.793. The minimum Gasteiger partial charge on any atom is -0.491 e. The minimum atomic E-state index is 0.374. The van der Waals surface area contributed by atoms with Crippen molar-refractivity contribution in [2.24, 2.45) is 0 Å². The van der Waals surface area contributed by atoms with Crippen molar-refractivity contribution in [3.8, 4) is 5.75 Å². The average molecular weight is 589 g/mol. The average Bonchev–Trinajstić information content (AvgIpc) is 3.00. The summed E-state index contributed by atoms with van der Waals surface area (Å²) in [5.41, 5.74) is 6.35. The van der Waals surface area contributed by atoms with Crippen molar-refractivity contribution in [1.29, 1.82) is 0 Å². The maximum absolute atomic E-state index is 5.78. The molecule has 1 aromatic carbocycles. The van der Waals surface area contributed by atoms with Crippen molar-refractivity contribution in [1.82, 2.24) is 5.32 Å². The van der Waals surface area contributed by atoms with Crippen LogP contribution in [0.5, 0.6) is 5.75 Å². The zero-order valence-corrected chi connectivity index (χ0v) is 24.6. The molecule has 1 fully saturated rings. The van der Waals surface area contributed by atoms with E-state index < -0.39 is 0 Å². The second-order valence-electron chi connectivity index (χ2n) is 9.14. The Balaban J connectivity index is 1.15. The van der Waals surface area contributed by atoms with E-state index in [-0.39, 0.29) is 0 Å². The zero-order valence-electron chi connectivity index (χ0n) is 24.6. The second-order valence-corrected chi connectivity index (χ2v) is 9.14. The molecule has 12 heteroatoms. The summed E-state index contributed by atoms with van der Waals surface area (Å²) < 4.78 is 55.2. The Bertz CT molecular complexity index is 680. The molecule has 1 aromatic rings. The molecule has 12 nitrogen and oxygen atoms in total. The number of nitrogen functional groups attached to an aromatic ring is 1. The van der Waals surface area contributed by atoms with Crippen LogP contribution in [-0.2, 0) is 42.6 Å². The van der Waals surface area contributed by atoms with Gasteiger partial charge in [-0.3, -0.25) is 0 Å². The Morgan fingerprint density at radius 3 is 1.22 bits per heavy atom. The molecule has 0 amide bonds. The van der Waals surface area contributed by atoms with E-state index in [1.165, 1.54) is 0 Å². The number of hydrogen-bond acceptors (Lipinski definition) is 12. The normalized spacial score (nSPS) is 14.0. The first-order chi connectivity index (χ1) is 20.3. The Morgan fingerprint density at radius 2 is 0.829 bits per heavy atom. The molecule has 0 bridgehead atoms. The summed E-state index contributed by atoms with van der Waals surface area (Å²) in [6.07, 6.45) is 2.54. The number of benzene rings is 1. The summed E-state index contributed by atoms with van der Waals surface area (Å²) in [6.45, 7) is 11.7. The lowest BCUT2D eigenvalue weighted by Gasteiger charge is -2.22. The Morgan fingerprint density at radius 1 is 0.488 bits per heavy atom. The maximum Gasteiger partial charge on any atom is 0.119 e. The molecule has 0 radical (unpaired) electrons. The molecule has 0 aromatic heterocycles. The lowest BCUT2D eigenvalue weighted by Crippen LogP contribution is -2.33. The smallest absolute Gasteiger partial charge is 0.119 e. The molecule has 0 aliphatic carbocycles. The summed E-state index contributed by atoms with van der Waals surface area (Å²) in [6, 6.07) is 7.27. The Hall–Kier alpha value is -1.58. The molecule has 238 valence electrons. The summed E-state index contributed by atoms with van der Waals surface area (Å²) in [7, 11) is 0. The molecule has 1 aliphatic heterocycles. The van der Waals surface area contributed by atoms with Gasteiger partial charge in [-0.25, -0.2) is 0 Å². The predicted molar refractivity (Wildman–Crippen MR) is 155 cm³/mol. The number of hydrogen-bond donors (Lipinski definition) is 2. The molecule has 1 aliphatic rings. The van der Waals surface area contributed by atoms with Crippen LogP contribution in [0.25, 0.3) is 0 Å². The lowest BCUT2D eigenvalue weighted by atomic mass is 10.1. The molecule has 0 spiro atoms. The molecule has 1 saturated heterocycles. The topological polar surface area (TPSA) is 130 Å². The van der Waals surface area contributed by atoms with Crippen LogP contribution in [0.3, 0.4) is 0 Å². The maximum atomic E-state index is 5.78. The van der Waals surface area contributed by atoms with Crippen LogP contribution in [0.15, 0.2) is 24.3 Å². The van der Waals surface area contributed by atoms with Gasteiger partial charge in [-0.2, -0.15) is 0 Å². The molecule has 1 heterocycles. The van der Waals surface area contributed by atoms with Gasteiger partial charge in [-0.15, -0.1) is 0 Å². The van der Waals surface area contributed by atoms with Gasteiger partial charge in [0.05, 0.1) is 118 Å². The van der Waals surface area contributed by atoms with Gasteiger partial charge in [-0.05, 0) is 50.2 Å². The number of rotatable bonds is 29. The van der Waals surface area contributed by atoms with Crippen molar-refractivity contribution in [3.63, 3.8) is 0 Å². The van der Waals surface area contributed by atoms with Gasteiger partial charge in [0, 0.05) is 5.69 Å². The number of ether oxygens (including phenoxy) is 10. The summed E-state index contributed by atoms with van der Waals surface area (Å²) in [5, 5.41) is 3.33. The highest BCUT2D eigenvalue weighted by atomic mass is 16.6. The molecular formula is C29H52N2O10. The van der Waals surface area contributed by atoms with E-state index in [0.29, 0.717) is 131 Å². The molecule has 2 rings (SSSR count). The molecule has 0 atom stereocenters. The first-order valence-electron chi connectivity index (χ1n) is 14.8. The lowest BCUT2D eigenvalue weighted by molar-refractivity contribution is -0.0319. The third kappa shape index (κ3) is 22.7. The highest BCUT2D eigenvalue weighted by molar-refractivity contribution is 5.41. The van der Waals surface area contributed by atoms with E-state index >= 15 is 0 Å². The van der Waals surface area contributed by atoms with Crippen LogP contribution >= 0.6 is 0 Å². The van der Waals surface area contributed by atoms with E-state index in [1.54, 1.807) is 12.1 Å². The molecule has 41 heavy (non-hydrogen) atoms. The van der Waals surface area contributed by atoms with Crippen LogP contribution in [0, 0.1) is 0 Å². The number of piperidine rings is 1. The first kappa shape index (κ1) is 35.6. The minimum absolute atomic E-state index is 0.374. The first-order valence-corrected chi connectivity index (χ1v) is 14.8. The van der Waals surface area contributed by atoms with Crippen LogP contribution < -0.4 is 15.8 Å². The van der Waals surface area contributed by atoms with Crippen molar-refractivity contribution in [2.75, 3.05) is 138 Å². The van der Waals surface area contributed by atoms with Crippen molar-refractivity contribution in [3.05, 3.63) is 24.3 Å². The zero-order chi connectivity index (χ0) is 28.9. The van der Waals surface area contributed by atoms with Gasteiger partial charge < -0.3 is 58.4 Å². The van der Waals surface area contributed by atoms with Crippen molar-refractivity contribution >= 4 is 5.69 Å². The van der Waals surface area contributed by atoms with Gasteiger partial charge in [0.1, 0.15) is 12.4 Å². The summed E-state index contributed by atoms with van der Waals surface area (Å²) >= 11 is 0. The van der Waals surface area contributed by atoms with Gasteiger partial charge in [-0.1, -0.05) is 0 Å². The van der Waals surface area contributed by atoms with Crippen molar-refractivity contribution in [2.45, 2.75) is 18.9 Å². The van der Waals surface area contributed by atoms with Gasteiger partial charge in [0.15, 0.2) is 0 Å². The summed E-state index contributed by atoms with van der Waals surface area (Å²) in [5.74, 6) is 0.776. The van der Waals surface area contributed by atoms with Crippen LogP contribution in [0.2, 0.25) is 0 Å². The number of anilines is 1. The predicted octanol–water partition coefficient (Wildman–Crippen LogP) is 1.55. The van der Waals surface area contributed by atoms with Crippen LogP contribution in [0.1, 0.15) is 12.8 Å². The van der Waals surface area contributed by atoms with E-state index in [9.17, 15) is 0 Å². The van der Waals surface area contributed by atoms with Crippen LogP contribution in [0.4, 0.5) is 5.69 Å². The monoisotopic (exact) mass is 588 g/mol. The van der Waals surface area contributed by atoms with E-state index in [4.69, 9.17) is 53.1 Å². The van der Waals surface area contributed by atoms with Crippen LogP contribution in [-0.4, -0.2) is 138 Å². The highest BCUT2D eigenvalue weighted by Gasteiger charge is 2.12. The molecule has 0 saturated carbocycles. The third-order valence-corrected chi connectivity index (χ3v) is 5.85. The Labute approximate surface area is 245 Å². The number of nitrogens with two attached hydrogens (primary N) is 1. The fourth-order valence-corrected chi connectivity index (χ4v) is 3.66. The standard InChI is InChI=1S/C29H52N2O10/c30-27-1-3-28(4-2-27)40-25-23-38-21-19-36-17-15-34-13-11-32-9-10-33-12-14-35-16-18-37-20-22-39-24-26-41-29-5-7-31-8-6-29/h1-4,29,31H,5-26,30H2. The highest BCUT2D eigenvalue weighted by Crippen LogP contribution is 2.12. The third-order valence-electron chi connectivity index (χ3n) is 5.85. The largest absolute Gasteiger partial charge is 0.491 e. The summed E-state index contributed by atoms with van der Waals surface area (Å²) in [4.78, 5) is 0. The van der Waals surface area contributed by atoms with Gasteiger partial charge in [0.2, 0.25) is 0 Å². The SMILES string of the molecule is Nc1ccc(OCCOCCOCCOCCOCCOCCOCCOCCOCCOC2CCNCC2)cc1. The van der Waals surface area contributed by atoms with Gasteiger partial charge in [0.25, 0.3) is 0 Å². The molecular weight excluding hydrogens is 536 g/mol. The Kier molecular flexibility index (Phi) is 23.7. The van der Waals surface area contributed by atoms with E-state index in [0.717, 1.165) is 31.7 Å².